The summed E-state index contributed by atoms with van der Waals surface area (Å²) in [6, 6.07) is 10.1. The Labute approximate surface area is 92.8 Å². The van der Waals surface area contributed by atoms with E-state index in [0.717, 1.165) is 27.6 Å². The number of rotatable bonds is 0. The molecule has 76 valence electrons. The van der Waals surface area contributed by atoms with Gasteiger partial charge in [-0.3, -0.25) is 4.79 Å². The lowest BCUT2D eigenvalue weighted by Crippen LogP contribution is -2.28. The highest BCUT2D eigenvalue weighted by Gasteiger charge is 2.31. The Balaban J connectivity index is 2.28. The Morgan fingerprint density at radius 2 is 2.06 bits per heavy atom. The molecule has 0 aromatic heterocycles. The summed E-state index contributed by atoms with van der Waals surface area (Å²) < 4.78 is 0. The van der Waals surface area contributed by atoms with Gasteiger partial charge in [0.05, 0.1) is 5.69 Å². The maximum absolute atomic E-state index is 12.2. The molecule has 2 aliphatic heterocycles. The zero-order valence-electron chi connectivity index (χ0n) is 8.60. The molecule has 0 fully saturated rings. The van der Waals surface area contributed by atoms with Gasteiger partial charge in [-0.25, -0.2) is 0 Å². The van der Waals surface area contributed by atoms with Crippen molar-refractivity contribution in [2.75, 3.05) is 11.4 Å². The summed E-state index contributed by atoms with van der Waals surface area (Å²) >= 11 is 0. The summed E-state index contributed by atoms with van der Waals surface area (Å²) in [6.45, 7) is 0.694. The summed E-state index contributed by atoms with van der Waals surface area (Å²) in [5.41, 5.74) is 3.09. The lowest BCUT2D eigenvalue weighted by atomic mass is 10.0. The molecule has 0 bridgehead atoms. The first-order valence-corrected chi connectivity index (χ1v) is 5.40. The van der Waals surface area contributed by atoms with Crippen LogP contribution in [0.4, 0.5) is 5.69 Å². The van der Waals surface area contributed by atoms with Crippen LogP contribution in [0, 0.1) is 0 Å². The molecule has 0 unspecified atom stereocenters. The number of carbonyl (C=O) groups is 1. The van der Waals surface area contributed by atoms with Crippen molar-refractivity contribution in [1.82, 2.24) is 0 Å². The molecule has 4 rings (SSSR count). The summed E-state index contributed by atoms with van der Waals surface area (Å²) in [4.78, 5) is 14.1. The van der Waals surface area contributed by atoms with Gasteiger partial charge in [-0.15, -0.1) is 0 Å². The SMILES string of the molecule is O=C1c2cccc3ccc4c(c23)N1CC=C4. The van der Waals surface area contributed by atoms with Gasteiger partial charge in [0.1, 0.15) is 0 Å². The fourth-order valence-electron chi connectivity index (χ4n) is 2.69. The number of hydrogen-bond acceptors (Lipinski definition) is 1. The molecule has 2 heterocycles. The number of benzene rings is 2. The number of amides is 1. The summed E-state index contributed by atoms with van der Waals surface area (Å²) in [5.74, 6) is 0.136. The van der Waals surface area contributed by atoms with Crippen molar-refractivity contribution in [3.05, 3.63) is 47.5 Å². The molecular weight excluding hydrogens is 198 g/mol. The predicted octanol–water partition coefficient (Wildman–Crippen LogP) is 2.83. The molecule has 0 radical (unpaired) electrons. The average molecular weight is 207 g/mol. The average Bonchev–Trinajstić information content (AvgIpc) is 2.64. The van der Waals surface area contributed by atoms with Gasteiger partial charge in [0, 0.05) is 17.5 Å². The first kappa shape index (κ1) is 8.11. The van der Waals surface area contributed by atoms with Crippen LogP contribution in [0.3, 0.4) is 0 Å². The third-order valence-corrected chi connectivity index (χ3v) is 3.38. The lowest BCUT2D eigenvalue weighted by Gasteiger charge is -2.21. The second kappa shape index (κ2) is 2.53. The Hall–Kier alpha value is -2.09. The van der Waals surface area contributed by atoms with E-state index in [-0.39, 0.29) is 5.91 Å². The fraction of sp³-hybridized carbons (Fsp3) is 0.0714. The molecule has 0 spiro atoms. The van der Waals surface area contributed by atoms with E-state index >= 15 is 0 Å². The van der Waals surface area contributed by atoms with Crippen molar-refractivity contribution in [1.29, 1.82) is 0 Å². The van der Waals surface area contributed by atoms with Crippen LogP contribution in [0.2, 0.25) is 0 Å². The van der Waals surface area contributed by atoms with Gasteiger partial charge in [-0.2, -0.15) is 0 Å². The molecule has 1 amide bonds. The first-order chi connectivity index (χ1) is 7.86. The molecule has 16 heavy (non-hydrogen) atoms. The minimum Gasteiger partial charge on any atom is -0.303 e. The van der Waals surface area contributed by atoms with Crippen LogP contribution in [0.5, 0.6) is 0 Å². The molecule has 0 aliphatic carbocycles. The van der Waals surface area contributed by atoms with Crippen LogP contribution in [0.1, 0.15) is 15.9 Å². The first-order valence-electron chi connectivity index (χ1n) is 5.40. The maximum Gasteiger partial charge on any atom is 0.259 e. The zero-order valence-corrected chi connectivity index (χ0v) is 8.60. The van der Waals surface area contributed by atoms with Gasteiger partial charge in [0.2, 0.25) is 0 Å². The molecular formula is C14H9NO. The third kappa shape index (κ3) is 0.770. The molecule has 2 nitrogen and oxygen atoms in total. The highest BCUT2D eigenvalue weighted by molar-refractivity contribution is 6.26. The van der Waals surface area contributed by atoms with Gasteiger partial charge in [-0.1, -0.05) is 36.4 Å². The Kier molecular flexibility index (Phi) is 1.28. The standard InChI is InChI=1S/C14H9NO/c16-14-11-5-1-3-9-6-7-10-4-2-8-15(14)13(10)12(9)11/h1-7H,8H2. The minimum absolute atomic E-state index is 0.136. The van der Waals surface area contributed by atoms with E-state index in [1.807, 2.05) is 23.1 Å². The van der Waals surface area contributed by atoms with Crippen molar-refractivity contribution in [2.24, 2.45) is 0 Å². The minimum atomic E-state index is 0.136. The number of nitrogens with zero attached hydrogens (tertiary/aromatic N) is 1. The van der Waals surface area contributed by atoms with E-state index in [1.165, 1.54) is 0 Å². The van der Waals surface area contributed by atoms with Crippen molar-refractivity contribution in [2.45, 2.75) is 0 Å². The number of carbonyl (C=O) groups excluding carboxylic acids is 1. The second-order valence-electron chi connectivity index (χ2n) is 4.23. The monoisotopic (exact) mass is 207 g/mol. The summed E-state index contributed by atoms with van der Waals surface area (Å²) in [7, 11) is 0. The van der Waals surface area contributed by atoms with Crippen molar-refractivity contribution >= 4 is 28.4 Å². The Morgan fingerprint density at radius 3 is 3.00 bits per heavy atom. The van der Waals surface area contributed by atoms with Crippen molar-refractivity contribution in [3.63, 3.8) is 0 Å². The quantitative estimate of drug-likeness (QED) is 0.650. The molecule has 2 heteroatoms. The molecule has 0 saturated heterocycles. The van der Waals surface area contributed by atoms with E-state index in [2.05, 4.69) is 24.3 Å². The summed E-state index contributed by atoms with van der Waals surface area (Å²) in [5, 5.41) is 2.27. The van der Waals surface area contributed by atoms with Crippen LogP contribution in [0.25, 0.3) is 16.8 Å². The Bertz CT molecular complexity index is 670. The van der Waals surface area contributed by atoms with Crippen LogP contribution in [0.15, 0.2) is 36.4 Å². The molecule has 2 aromatic carbocycles. The summed E-state index contributed by atoms with van der Waals surface area (Å²) in [6.07, 6.45) is 4.14. The van der Waals surface area contributed by atoms with Gasteiger partial charge < -0.3 is 4.90 Å². The van der Waals surface area contributed by atoms with E-state index < -0.39 is 0 Å². The van der Waals surface area contributed by atoms with Crippen LogP contribution in [-0.2, 0) is 0 Å². The highest BCUT2D eigenvalue weighted by Crippen LogP contribution is 2.41. The number of hydrogen-bond donors (Lipinski definition) is 0. The van der Waals surface area contributed by atoms with Crippen molar-refractivity contribution in [3.8, 4) is 0 Å². The maximum atomic E-state index is 12.2. The molecule has 2 aromatic rings. The van der Waals surface area contributed by atoms with Gasteiger partial charge >= 0.3 is 0 Å². The molecule has 0 N–H and O–H groups in total. The van der Waals surface area contributed by atoms with Crippen LogP contribution in [-0.4, -0.2) is 12.5 Å². The molecule has 2 aliphatic rings. The highest BCUT2D eigenvalue weighted by atomic mass is 16.2. The Morgan fingerprint density at radius 1 is 1.12 bits per heavy atom. The number of anilines is 1. The lowest BCUT2D eigenvalue weighted by molar-refractivity contribution is 0.0995. The van der Waals surface area contributed by atoms with E-state index in [4.69, 9.17) is 0 Å². The van der Waals surface area contributed by atoms with E-state index in [9.17, 15) is 4.79 Å². The third-order valence-electron chi connectivity index (χ3n) is 3.38. The van der Waals surface area contributed by atoms with E-state index in [1.54, 1.807) is 0 Å². The largest absolute Gasteiger partial charge is 0.303 e. The van der Waals surface area contributed by atoms with Gasteiger partial charge in [-0.05, 0) is 17.0 Å². The fourth-order valence-corrected chi connectivity index (χ4v) is 2.69. The second-order valence-corrected chi connectivity index (χ2v) is 4.23. The topological polar surface area (TPSA) is 20.3 Å². The van der Waals surface area contributed by atoms with Gasteiger partial charge in [0.25, 0.3) is 5.91 Å². The van der Waals surface area contributed by atoms with Crippen LogP contribution >= 0.6 is 0 Å². The van der Waals surface area contributed by atoms with E-state index in [0.29, 0.717) is 6.54 Å². The molecule has 0 saturated carbocycles. The zero-order chi connectivity index (χ0) is 10.7. The van der Waals surface area contributed by atoms with Crippen LogP contribution < -0.4 is 4.90 Å². The normalized spacial score (nSPS) is 16.2. The smallest absolute Gasteiger partial charge is 0.259 e. The molecule has 0 atom stereocenters. The predicted molar refractivity (Wildman–Crippen MR) is 64.7 cm³/mol. The van der Waals surface area contributed by atoms with Gasteiger partial charge in [0.15, 0.2) is 0 Å². The van der Waals surface area contributed by atoms with Crippen molar-refractivity contribution < 1.29 is 4.79 Å².